The molecule has 0 saturated heterocycles. The maximum absolute atomic E-state index is 6.77. The van der Waals surface area contributed by atoms with Gasteiger partial charge in [0.25, 0.3) is 0 Å². The quantitative estimate of drug-likeness (QED) is 0.162. The van der Waals surface area contributed by atoms with Gasteiger partial charge in [0.05, 0.1) is 5.54 Å². The number of furan rings is 1. The average Bonchev–Trinajstić information content (AvgIpc) is 3.72. The second-order valence-electron chi connectivity index (χ2n) is 21.3. The lowest BCUT2D eigenvalue weighted by Gasteiger charge is -2.53. The van der Waals surface area contributed by atoms with Crippen molar-refractivity contribution in [3.8, 4) is 22.3 Å². The molecular weight excluding hydrogens is 739 g/mol. The minimum atomic E-state index is -0.0507. The maximum Gasteiger partial charge on any atom is 0.333 e. The highest BCUT2D eigenvalue weighted by Crippen LogP contribution is 2.63. The van der Waals surface area contributed by atoms with E-state index in [0.717, 1.165) is 17.6 Å². The molecule has 1 aromatic heterocycles. The first-order valence-corrected chi connectivity index (χ1v) is 23.4. The minimum Gasteiger partial charge on any atom is -0.456 e. The third-order valence-electron chi connectivity index (χ3n) is 16.9. The largest absolute Gasteiger partial charge is 0.456 e. The Morgan fingerprint density at radius 2 is 1.36 bits per heavy atom. The second kappa shape index (κ2) is 12.7. The van der Waals surface area contributed by atoms with Crippen LogP contribution in [0.15, 0.2) is 108 Å². The van der Waals surface area contributed by atoms with Crippen LogP contribution in [0.1, 0.15) is 128 Å². The van der Waals surface area contributed by atoms with Crippen molar-refractivity contribution in [2.45, 2.75) is 135 Å². The Hall–Kier alpha value is -5.22. The molecule has 1 fully saturated rings. The van der Waals surface area contributed by atoms with E-state index in [9.17, 15) is 0 Å². The molecule has 0 radical (unpaired) electrons. The topological polar surface area (TPSA) is 19.6 Å². The van der Waals surface area contributed by atoms with Gasteiger partial charge in [-0.2, -0.15) is 0 Å². The third kappa shape index (κ3) is 5.00. The molecule has 2 atom stereocenters. The van der Waals surface area contributed by atoms with Crippen molar-refractivity contribution in [2.75, 3.05) is 9.71 Å². The lowest BCUT2D eigenvalue weighted by atomic mass is 9.43. The van der Waals surface area contributed by atoms with Crippen molar-refractivity contribution in [1.82, 2.24) is 0 Å². The van der Waals surface area contributed by atoms with Crippen LogP contribution in [0.4, 0.5) is 22.7 Å². The summed E-state index contributed by atoms with van der Waals surface area (Å²) in [5.74, 6) is 0. The van der Waals surface area contributed by atoms with Crippen molar-refractivity contribution in [1.29, 1.82) is 0 Å². The van der Waals surface area contributed by atoms with Crippen LogP contribution in [0, 0.1) is 6.92 Å². The number of nitrogens with zero attached hydrogens (tertiary/aromatic N) is 2. The summed E-state index contributed by atoms with van der Waals surface area (Å²) in [7, 11) is 0. The number of hydrogen-bond acceptors (Lipinski definition) is 3. The van der Waals surface area contributed by atoms with Crippen LogP contribution in [-0.4, -0.2) is 12.4 Å². The summed E-state index contributed by atoms with van der Waals surface area (Å²) in [5.41, 5.74) is 23.1. The van der Waals surface area contributed by atoms with E-state index in [4.69, 9.17) is 4.42 Å². The van der Waals surface area contributed by atoms with E-state index in [1.54, 1.807) is 5.56 Å². The van der Waals surface area contributed by atoms with E-state index >= 15 is 0 Å². The first kappa shape index (κ1) is 37.5. The maximum atomic E-state index is 6.77. The predicted molar refractivity (Wildman–Crippen MR) is 260 cm³/mol. The van der Waals surface area contributed by atoms with E-state index in [0.29, 0.717) is 0 Å². The van der Waals surface area contributed by atoms with Crippen LogP contribution < -0.4 is 20.6 Å². The summed E-state index contributed by atoms with van der Waals surface area (Å²) >= 11 is 0. The normalized spacial score (nSPS) is 22.5. The van der Waals surface area contributed by atoms with E-state index in [-0.39, 0.29) is 28.6 Å². The first-order chi connectivity index (χ1) is 29.3. The van der Waals surface area contributed by atoms with Crippen molar-refractivity contribution < 1.29 is 4.42 Å². The molecule has 4 heteroatoms. The number of fused-ring (bicyclic) bond motifs is 11. The number of benzene rings is 6. The Labute approximate surface area is 363 Å². The molecule has 5 aliphatic rings. The van der Waals surface area contributed by atoms with Gasteiger partial charge in [-0.1, -0.05) is 128 Å². The summed E-state index contributed by atoms with van der Waals surface area (Å²) in [6.45, 7) is 19.9. The second-order valence-corrected chi connectivity index (χ2v) is 21.3. The number of aryl methyl sites for hydroxylation is 2. The molecule has 3 nitrogen and oxygen atoms in total. The number of rotatable bonds is 5. The molecule has 0 amide bonds. The Kier molecular flexibility index (Phi) is 7.80. The first-order valence-electron chi connectivity index (χ1n) is 23.4. The molecule has 0 bridgehead atoms. The molecule has 0 spiro atoms. The molecule has 61 heavy (non-hydrogen) atoms. The molecule has 3 aliphatic heterocycles. The summed E-state index contributed by atoms with van der Waals surface area (Å²) in [5, 5.41) is 2.36. The summed E-state index contributed by atoms with van der Waals surface area (Å²) in [4.78, 5) is 5.72. The van der Waals surface area contributed by atoms with Gasteiger partial charge in [-0.25, -0.2) is 0 Å². The summed E-state index contributed by atoms with van der Waals surface area (Å²) in [6.07, 6.45) is 10.9. The highest BCUT2D eigenvalue weighted by molar-refractivity contribution is 6.93. The lowest BCUT2D eigenvalue weighted by Crippen LogP contribution is -2.64. The summed E-state index contributed by atoms with van der Waals surface area (Å²) < 4.78 is 6.77. The molecule has 0 N–H and O–H groups in total. The Morgan fingerprint density at radius 3 is 2.15 bits per heavy atom. The van der Waals surface area contributed by atoms with Crippen LogP contribution in [-0.2, 0) is 22.7 Å². The molecule has 2 aliphatic carbocycles. The predicted octanol–water partition coefficient (Wildman–Crippen LogP) is 14.2. The van der Waals surface area contributed by atoms with Crippen LogP contribution >= 0.6 is 0 Å². The van der Waals surface area contributed by atoms with Crippen LogP contribution in [0.2, 0.25) is 0 Å². The van der Waals surface area contributed by atoms with Gasteiger partial charge < -0.3 is 14.1 Å². The molecule has 4 heterocycles. The number of para-hydroxylation sites is 1. The Bertz CT molecular complexity index is 2990. The minimum absolute atomic E-state index is 0.00617. The smallest absolute Gasteiger partial charge is 0.333 e. The molecule has 2 unspecified atom stereocenters. The molecule has 7 aromatic rings. The fraction of sp³-hybridized carbons (Fsp3) is 0.368. The fourth-order valence-electron chi connectivity index (χ4n) is 13.1. The molecule has 306 valence electrons. The van der Waals surface area contributed by atoms with Gasteiger partial charge in [-0.05, 0) is 155 Å². The number of hydrogen-bond donors (Lipinski definition) is 0. The average molecular weight is 799 g/mol. The Morgan fingerprint density at radius 1 is 0.623 bits per heavy atom. The third-order valence-corrected chi connectivity index (χ3v) is 16.9. The van der Waals surface area contributed by atoms with Gasteiger partial charge in [0.15, 0.2) is 0 Å². The van der Waals surface area contributed by atoms with Crippen molar-refractivity contribution in [3.63, 3.8) is 0 Å². The zero-order valence-electron chi connectivity index (χ0n) is 37.6. The highest BCUT2D eigenvalue weighted by Gasteiger charge is 2.62. The molecule has 6 aromatic carbocycles. The van der Waals surface area contributed by atoms with Gasteiger partial charge in [0, 0.05) is 44.5 Å². The van der Waals surface area contributed by atoms with Crippen LogP contribution in [0.5, 0.6) is 0 Å². The van der Waals surface area contributed by atoms with Crippen molar-refractivity contribution >= 4 is 62.5 Å². The van der Waals surface area contributed by atoms with Gasteiger partial charge in [-0.3, -0.25) is 0 Å². The molecule has 1 saturated carbocycles. The molecule has 12 rings (SSSR count). The van der Waals surface area contributed by atoms with Crippen LogP contribution in [0.25, 0.3) is 44.2 Å². The van der Waals surface area contributed by atoms with E-state index in [1.807, 2.05) is 0 Å². The number of unbranched alkanes of at least 4 members (excludes halogenated alkanes) is 1. The standard InChI is InChI=1S/C57H59BN2O/c1-9-10-18-36-28-45-53-46(29-36)58-52-42(30-38(37-19-12-11-13-20-37)31-49(52)59(53)57(8)24-17-16-23-56(45,57)7)40-33-51-41(39-21-14-15-22-50(39)61-51)32-48(40)60(58)47-34-44-43(27-35(47)2)54(3,4)25-26-55(44,5)6/h11-15,19-22,27-34H,9-10,16-18,23-26H2,1-8H3. The van der Waals surface area contributed by atoms with Crippen molar-refractivity contribution in [2.24, 2.45) is 0 Å². The van der Waals surface area contributed by atoms with Gasteiger partial charge in [0.2, 0.25) is 0 Å². The van der Waals surface area contributed by atoms with Crippen LogP contribution in [0.3, 0.4) is 0 Å². The monoisotopic (exact) mass is 798 g/mol. The zero-order chi connectivity index (χ0) is 41.8. The van der Waals surface area contributed by atoms with E-state index in [2.05, 4.69) is 168 Å². The van der Waals surface area contributed by atoms with E-state index < -0.39 is 0 Å². The van der Waals surface area contributed by atoms with Gasteiger partial charge in [0.1, 0.15) is 11.2 Å². The fourth-order valence-corrected chi connectivity index (χ4v) is 13.1. The highest BCUT2D eigenvalue weighted by atomic mass is 16.3. The van der Waals surface area contributed by atoms with Gasteiger partial charge >= 0.3 is 6.85 Å². The lowest BCUT2D eigenvalue weighted by molar-refractivity contribution is 0.195. The van der Waals surface area contributed by atoms with Crippen molar-refractivity contribution in [3.05, 3.63) is 131 Å². The zero-order valence-corrected chi connectivity index (χ0v) is 37.6. The van der Waals surface area contributed by atoms with Gasteiger partial charge in [-0.15, -0.1) is 0 Å². The SMILES string of the molecule is CCCCc1cc2c3c(c1)C1(C)CCCCC1(C)N3c1cc(-c3ccccc3)cc3c1B2N(c1cc2c(cc1C)C(C)(C)CCC2(C)C)c1cc2c(cc1-3)oc1ccccc12. The molecular formula is C57H59BN2O. The van der Waals surface area contributed by atoms with E-state index in [1.165, 1.54) is 140 Å². The Balaban J connectivity index is 1.25. The summed E-state index contributed by atoms with van der Waals surface area (Å²) in [6, 6.07) is 40.3. The number of anilines is 4.